The molecule has 2 saturated carbocycles. The molecule has 1 N–H and O–H groups in total. The van der Waals surface area contributed by atoms with Crippen LogP contribution in [0.3, 0.4) is 0 Å². The van der Waals surface area contributed by atoms with Gasteiger partial charge in [0.15, 0.2) is 0 Å². The van der Waals surface area contributed by atoms with Crippen molar-refractivity contribution in [2.75, 3.05) is 6.61 Å². The lowest BCUT2D eigenvalue weighted by molar-refractivity contribution is -0.131. The number of ether oxygens (including phenoxy) is 1. The second-order valence-electron chi connectivity index (χ2n) is 5.67. The van der Waals surface area contributed by atoms with E-state index in [4.69, 9.17) is 0 Å². The molecule has 2 amide bonds. The molecule has 2 aliphatic carbocycles. The van der Waals surface area contributed by atoms with Crippen LogP contribution in [0.15, 0.2) is 0 Å². The zero-order valence-corrected chi connectivity index (χ0v) is 11.4. The van der Waals surface area contributed by atoms with Gasteiger partial charge < -0.3 is 4.74 Å². The first-order valence-corrected chi connectivity index (χ1v) is 7.07. The smallest absolute Gasteiger partial charge is 0.413 e. The van der Waals surface area contributed by atoms with Crippen molar-refractivity contribution in [3.05, 3.63) is 0 Å². The highest BCUT2D eigenvalue weighted by atomic mass is 16.5. The quantitative estimate of drug-likeness (QED) is 0.778. The monoisotopic (exact) mass is 267 g/mol. The first-order chi connectivity index (χ1) is 9.06. The molecule has 0 radical (unpaired) electrons. The Morgan fingerprint density at radius 3 is 2.63 bits per heavy atom. The number of rotatable bonds is 2. The van der Waals surface area contributed by atoms with Crippen LogP contribution in [0.1, 0.15) is 51.9 Å². The summed E-state index contributed by atoms with van der Waals surface area (Å²) in [6.45, 7) is 1.88. The van der Waals surface area contributed by atoms with Crippen molar-refractivity contribution in [1.29, 1.82) is 0 Å². The van der Waals surface area contributed by atoms with Crippen LogP contribution >= 0.6 is 0 Å². The molecule has 0 bridgehead atoms. The molecule has 106 valence electrons. The Labute approximate surface area is 113 Å². The van der Waals surface area contributed by atoms with Gasteiger partial charge in [0.05, 0.1) is 12.5 Å². The molecule has 0 aromatic rings. The van der Waals surface area contributed by atoms with Gasteiger partial charge in [0.1, 0.15) is 5.78 Å². The Morgan fingerprint density at radius 1 is 1.32 bits per heavy atom. The minimum Gasteiger partial charge on any atom is -0.450 e. The van der Waals surface area contributed by atoms with Gasteiger partial charge in [0, 0.05) is 6.42 Å². The Bertz CT molecular complexity index is 385. The van der Waals surface area contributed by atoms with Crippen LogP contribution in [0.2, 0.25) is 0 Å². The molecule has 2 aliphatic rings. The molecule has 5 nitrogen and oxygen atoms in total. The number of hydrogen-bond acceptors (Lipinski definition) is 4. The topological polar surface area (TPSA) is 72.5 Å². The van der Waals surface area contributed by atoms with E-state index in [0.717, 1.165) is 25.7 Å². The normalized spacial score (nSPS) is 25.3. The maximum Gasteiger partial charge on any atom is 0.413 e. The van der Waals surface area contributed by atoms with Crippen LogP contribution < -0.4 is 5.32 Å². The SMILES string of the molecule is CCOC(=O)NC(=O)C1CC2(CCCCC2)CC1=O. The molecule has 1 atom stereocenters. The lowest BCUT2D eigenvalue weighted by Crippen LogP contribution is -2.37. The molecule has 0 heterocycles. The van der Waals surface area contributed by atoms with Crippen molar-refractivity contribution < 1.29 is 19.1 Å². The molecule has 0 aliphatic heterocycles. The van der Waals surface area contributed by atoms with Crippen LogP contribution in [-0.4, -0.2) is 24.4 Å². The summed E-state index contributed by atoms with van der Waals surface area (Å²) >= 11 is 0. The van der Waals surface area contributed by atoms with Crippen LogP contribution in [-0.2, 0) is 14.3 Å². The van der Waals surface area contributed by atoms with Gasteiger partial charge in [-0.15, -0.1) is 0 Å². The highest BCUT2D eigenvalue weighted by molar-refractivity contribution is 6.07. The zero-order valence-electron chi connectivity index (χ0n) is 11.4. The summed E-state index contributed by atoms with van der Waals surface area (Å²) in [7, 11) is 0. The molecule has 5 heteroatoms. The van der Waals surface area contributed by atoms with E-state index in [9.17, 15) is 14.4 Å². The molecule has 19 heavy (non-hydrogen) atoms. The Kier molecular flexibility index (Phi) is 4.22. The fraction of sp³-hybridized carbons (Fsp3) is 0.786. The molecule has 0 saturated heterocycles. The van der Waals surface area contributed by atoms with Crippen molar-refractivity contribution in [2.24, 2.45) is 11.3 Å². The van der Waals surface area contributed by atoms with Gasteiger partial charge >= 0.3 is 6.09 Å². The zero-order chi connectivity index (χ0) is 13.9. The van der Waals surface area contributed by atoms with Crippen LogP contribution in [0.5, 0.6) is 0 Å². The number of ketones is 1. The van der Waals surface area contributed by atoms with Gasteiger partial charge in [0.25, 0.3) is 0 Å². The van der Waals surface area contributed by atoms with Gasteiger partial charge in [-0.3, -0.25) is 14.9 Å². The highest BCUT2D eigenvalue weighted by Crippen LogP contribution is 2.49. The van der Waals surface area contributed by atoms with Gasteiger partial charge in [-0.25, -0.2) is 4.79 Å². The molecule has 0 aromatic heterocycles. The van der Waals surface area contributed by atoms with E-state index in [1.165, 1.54) is 6.42 Å². The van der Waals surface area contributed by atoms with E-state index in [1.807, 2.05) is 0 Å². The fourth-order valence-corrected chi connectivity index (χ4v) is 3.39. The van der Waals surface area contributed by atoms with Gasteiger partial charge in [0.2, 0.25) is 5.91 Å². The Morgan fingerprint density at radius 2 is 2.00 bits per heavy atom. The number of imide groups is 1. The standard InChI is InChI=1S/C14H21NO4/c1-2-19-13(18)15-12(17)10-8-14(9-11(10)16)6-4-3-5-7-14/h10H,2-9H2,1H3,(H,15,17,18). The first-order valence-electron chi connectivity index (χ1n) is 7.07. The summed E-state index contributed by atoms with van der Waals surface area (Å²) in [5.74, 6) is -1.18. The summed E-state index contributed by atoms with van der Waals surface area (Å²) in [4.78, 5) is 35.2. The van der Waals surface area contributed by atoms with E-state index in [1.54, 1.807) is 6.92 Å². The predicted octanol–water partition coefficient (Wildman–Crippen LogP) is 2.19. The summed E-state index contributed by atoms with van der Waals surface area (Å²) in [5.41, 5.74) is 0.0198. The maximum atomic E-state index is 12.0. The van der Waals surface area contributed by atoms with E-state index in [0.29, 0.717) is 12.8 Å². The average Bonchev–Trinajstić information content (AvgIpc) is 2.67. The third-order valence-corrected chi connectivity index (χ3v) is 4.31. The van der Waals surface area contributed by atoms with Crippen molar-refractivity contribution in [3.63, 3.8) is 0 Å². The molecule has 2 fully saturated rings. The van der Waals surface area contributed by atoms with Crippen molar-refractivity contribution in [3.8, 4) is 0 Å². The Hall–Kier alpha value is -1.39. The summed E-state index contributed by atoms with van der Waals surface area (Å²) < 4.78 is 4.66. The van der Waals surface area contributed by atoms with E-state index < -0.39 is 17.9 Å². The molecule has 0 aromatic carbocycles. The summed E-state index contributed by atoms with van der Waals surface area (Å²) in [5, 5.41) is 2.15. The lowest BCUT2D eigenvalue weighted by Gasteiger charge is -2.32. The largest absolute Gasteiger partial charge is 0.450 e. The van der Waals surface area contributed by atoms with E-state index >= 15 is 0 Å². The summed E-state index contributed by atoms with van der Waals surface area (Å²) in [6.07, 6.45) is 5.88. The Balaban J connectivity index is 1.95. The average molecular weight is 267 g/mol. The number of carbonyl (C=O) groups excluding carboxylic acids is 3. The molecule has 1 unspecified atom stereocenters. The number of hydrogen-bond donors (Lipinski definition) is 1. The molecular formula is C14H21NO4. The summed E-state index contributed by atoms with van der Waals surface area (Å²) in [6, 6.07) is 0. The first kappa shape index (κ1) is 14.0. The molecule has 1 spiro atoms. The number of Topliss-reactive ketones (excluding diaryl/α,β-unsaturated/α-hetero) is 1. The lowest BCUT2D eigenvalue weighted by atomic mass is 9.72. The second kappa shape index (κ2) is 5.72. The van der Waals surface area contributed by atoms with Crippen LogP contribution in [0, 0.1) is 11.3 Å². The fourth-order valence-electron chi connectivity index (χ4n) is 3.39. The van der Waals surface area contributed by atoms with Gasteiger partial charge in [-0.05, 0) is 31.6 Å². The van der Waals surface area contributed by atoms with Gasteiger partial charge in [-0.1, -0.05) is 19.3 Å². The van der Waals surface area contributed by atoms with Gasteiger partial charge in [-0.2, -0.15) is 0 Å². The van der Waals surface area contributed by atoms with E-state index in [2.05, 4.69) is 10.1 Å². The third-order valence-electron chi connectivity index (χ3n) is 4.31. The molecular weight excluding hydrogens is 246 g/mol. The van der Waals surface area contributed by atoms with Crippen LogP contribution in [0.25, 0.3) is 0 Å². The number of nitrogens with one attached hydrogen (secondary N) is 1. The highest BCUT2D eigenvalue weighted by Gasteiger charge is 2.47. The maximum absolute atomic E-state index is 12.0. The predicted molar refractivity (Wildman–Crippen MR) is 68.4 cm³/mol. The second-order valence-corrected chi connectivity index (χ2v) is 5.67. The third kappa shape index (κ3) is 3.14. The van der Waals surface area contributed by atoms with Crippen LogP contribution in [0.4, 0.5) is 4.79 Å². The van der Waals surface area contributed by atoms with E-state index in [-0.39, 0.29) is 17.8 Å². The van der Waals surface area contributed by atoms with Crippen molar-refractivity contribution in [1.82, 2.24) is 5.32 Å². The number of carbonyl (C=O) groups is 3. The minimum absolute atomic E-state index is 0.0198. The number of amides is 2. The van der Waals surface area contributed by atoms with Crippen molar-refractivity contribution in [2.45, 2.75) is 51.9 Å². The number of alkyl carbamates (subject to hydrolysis) is 1. The van der Waals surface area contributed by atoms with Crippen molar-refractivity contribution >= 4 is 17.8 Å². The minimum atomic E-state index is -0.759. The molecule has 2 rings (SSSR count).